The van der Waals surface area contributed by atoms with Crippen LogP contribution in [-0.2, 0) is 6.54 Å². The molecule has 4 nitrogen and oxygen atoms in total. The Balaban J connectivity index is 1.78. The van der Waals surface area contributed by atoms with Crippen molar-refractivity contribution in [2.75, 3.05) is 6.54 Å². The molecule has 0 radical (unpaired) electrons. The SMILES string of the molecule is CC(C)CNCc1cnc(OC2CCCCCC2)cn1. The third-order valence-electron chi connectivity index (χ3n) is 3.63. The Morgan fingerprint density at radius 1 is 1.15 bits per heavy atom. The van der Waals surface area contributed by atoms with E-state index in [-0.39, 0.29) is 0 Å². The van der Waals surface area contributed by atoms with Gasteiger partial charge in [-0.05, 0) is 38.1 Å². The summed E-state index contributed by atoms with van der Waals surface area (Å²) in [7, 11) is 0. The van der Waals surface area contributed by atoms with Crippen molar-refractivity contribution in [2.24, 2.45) is 5.92 Å². The summed E-state index contributed by atoms with van der Waals surface area (Å²) in [5, 5.41) is 3.37. The van der Waals surface area contributed by atoms with E-state index in [4.69, 9.17) is 4.74 Å². The largest absolute Gasteiger partial charge is 0.473 e. The van der Waals surface area contributed by atoms with E-state index in [9.17, 15) is 0 Å². The second kappa shape index (κ2) is 8.20. The van der Waals surface area contributed by atoms with Gasteiger partial charge in [-0.3, -0.25) is 4.98 Å². The summed E-state index contributed by atoms with van der Waals surface area (Å²) in [6.07, 6.45) is 11.4. The van der Waals surface area contributed by atoms with Crippen LogP contribution in [0.1, 0.15) is 58.1 Å². The zero-order valence-corrected chi connectivity index (χ0v) is 12.8. The van der Waals surface area contributed by atoms with Crippen LogP contribution in [0.5, 0.6) is 5.88 Å². The van der Waals surface area contributed by atoms with Gasteiger partial charge < -0.3 is 10.1 Å². The van der Waals surface area contributed by atoms with Gasteiger partial charge in [-0.2, -0.15) is 0 Å². The van der Waals surface area contributed by atoms with E-state index in [1.165, 1.54) is 25.7 Å². The van der Waals surface area contributed by atoms with Crippen molar-refractivity contribution in [1.29, 1.82) is 0 Å². The van der Waals surface area contributed by atoms with Gasteiger partial charge in [0, 0.05) is 6.54 Å². The van der Waals surface area contributed by atoms with Crippen LogP contribution < -0.4 is 10.1 Å². The van der Waals surface area contributed by atoms with Crippen LogP contribution in [0.2, 0.25) is 0 Å². The summed E-state index contributed by atoms with van der Waals surface area (Å²) in [5.41, 5.74) is 0.971. The normalized spacial score (nSPS) is 17.1. The first kappa shape index (κ1) is 15.2. The quantitative estimate of drug-likeness (QED) is 0.810. The van der Waals surface area contributed by atoms with Gasteiger partial charge in [0.1, 0.15) is 6.10 Å². The van der Waals surface area contributed by atoms with Crippen molar-refractivity contribution in [2.45, 2.75) is 65.0 Å². The van der Waals surface area contributed by atoms with Crippen LogP contribution >= 0.6 is 0 Å². The molecular formula is C16H27N3O. The van der Waals surface area contributed by atoms with Crippen LogP contribution in [0.4, 0.5) is 0 Å². The Morgan fingerprint density at radius 3 is 2.50 bits per heavy atom. The van der Waals surface area contributed by atoms with Crippen LogP contribution in [0, 0.1) is 5.92 Å². The standard InChI is InChI=1S/C16H27N3O/c1-13(2)9-17-10-14-11-19-16(12-18-14)20-15-7-5-3-4-6-8-15/h11-13,15,17H,3-10H2,1-2H3. The zero-order valence-electron chi connectivity index (χ0n) is 12.8. The number of hydrogen-bond acceptors (Lipinski definition) is 4. The summed E-state index contributed by atoms with van der Waals surface area (Å²) < 4.78 is 5.94. The molecule has 0 unspecified atom stereocenters. The van der Waals surface area contributed by atoms with Crippen molar-refractivity contribution in [1.82, 2.24) is 15.3 Å². The molecule has 1 fully saturated rings. The van der Waals surface area contributed by atoms with Gasteiger partial charge in [-0.25, -0.2) is 4.98 Å². The number of nitrogens with one attached hydrogen (secondary N) is 1. The summed E-state index contributed by atoms with van der Waals surface area (Å²) in [4.78, 5) is 8.79. The number of nitrogens with zero attached hydrogens (tertiary/aromatic N) is 2. The van der Waals surface area contributed by atoms with Crippen LogP contribution in [0.25, 0.3) is 0 Å². The minimum atomic E-state index is 0.330. The number of ether oxygens (including phenoxy) is 1. The monoisotopic (exact) mass is 277 g/mol. The van der Waals surface area contributed by atoms with Crippen molar-refractivity contribution in [3.8, 4) is 5.88 Å². The van der Waals surface area contributed by atoms with Gasteiger partial charge in [0.15, 0.2) is 0 Å². The van der Waals surface area contributed by atoms with Gasteiger partial charge in [-0.15, -0.1) is 0 Å². The number of rotatable bonds is 6. The third-order valence-corrected chi connectivity index (χ3v) is 3.63. The first-order valence-corrected chi connectivity index (χ1v) is 7.92. The summed E-state index contributed by atoms with van der Waals surface area (Å²) in [6, 6.07) is 0. The first-order chi connectivity index (χ1) is 9.74. The summed E-state index contributed by atoms with van der Waals surface area (Å²) >= 11 is 0. The molecule has 1 aromatic heterocycles. The molecule has 2 rings (SSSR count). The second-order valence-electron chi connectivity index (χ2n) is 6.10. The molecule has 0 bridgehead atoms. The lowest BCUT2D eigenvalue weighted by molar-refractivity contribution is 0.175. The van der Waals surface area contributed by atoms with Gasteiger partial charge in [0.2, 0.25) is 5.88 Å². The lowest BCUT2D eigenvalue weighted by atomic mass is 10.1. The van der Waals surface area contributed by atoms with E-state index in [2.05, 4.69) is 29.1 Å². The Bertz CT molecular complexity index is 370. The molecule has 0 atom stereocenters. The average Bonchev–Trinajstić information content (AvgIpc) is 2.69. The van der Waals surface area contributed by atoms with Crippen molar-refractivity contribution in [3.63, 3.8) is 0 Å². The number of aromatic nitrogens is 2. The molecule has 0 aliphatic heterocycles. The summed E-state index contributed by atoms with van der Waals surface area (Å²) in [6.45, 7) is 6.17. The lowest BCUT2D eigenvalue weighted by Crippen LogP contribution is -2.20. The number of hydrogen-bond donors (Lipinski definition) is 1. The van der Waals surface area contributed by atoms with E-state index in [0.717, 1.165) is 31.6 Å². The smallest absolute Gasteiger partial charge is 0.232 e. The molecule has 0 amide bonds. The molecule has 1 aromatic rings. The maximum Gasteiger partial charge on any atom is 0.232 e. The molecule has 1 aliphatic carbocycles. The molecular weight excluding hydrogens is 250 g/mol. The van der Waals surface area contributed by atoms with Crippen molar-refractivity contribution >= 4 is 0 Å². The van der Waals surface area contributed by atoms with Crippen LogP contribution in [-0.4, -0.2) is 22.6 Å². The predicted molar refractivity (Wildman–Crippen MR) is 80.7 cm³/mol. The zero-order chi connectivity index (χ0) is 14.2. The summed E-state index contributed by atoms with van der Waals surface area (Å²) in [5.74, 6) is 1.32. The molecule has 20 heavy (non-hydrogen) atoms. The predicted octanol–water partition coefficient (Wildman–Crippen LogP) is 3.32. The van der Waals surface area contributed by atoms with E-state index >= 15 is 0 Å². The molecule has 112 valence electrons. The fourth-order valence-electron chi connectivity index (χ4n) is 2.51. The molecule has 0 saturated heterocycles. The minimum absolute atomic E-state index is 0.330. The Labute approximate surface area is 122 Å². The minimum Gasteiger partial charge on any atom is -0.473 e. The molecule has 1 heterocycles. The topological polar surface area (TPSA) is 47.0 Å². The van der Waals surface area contributed by atoms with Crippen molar-refractivity contribution in [3.05, 3.63) is 18.1 Å². The van der Waals surface area contributed by atoms with Gasteiger partial charge in [0.05, 0.1) is 18.1 Å². The maximum atomic E-state index is 5.94. The van der Waals surface area contributed by atoms with E-state index in [0.29, 0.717) is 17.9 Å². The van der Waals surface area contributed by atoms with E-state index < -0.39 is 0 Å². The van der Waals surface area contributed by atoms with Gasteiger partial charge in [-0.1, -0.05) is 26.7 Å². The molecule has 0 aromatic carbocycles. The van der Waals surface area contributed by atoms with Crippen LogP contribution in [0.15, 0.2) is 12.4 Å². The van der Waals surface area contributed by atoms with Gasteiger partial charge in [0.25, 0.3) is 0 Å². The Morgan fingerprint density at radius 2 is 1.90 bits per heavy atom. The fourth-order valence-corrected chi connectivity index (χ4v) is 2.51. The lowest BCUT2D eigenvalue weighted by Gasteiger charge is -2.15. The highest BCUT2D eigenvalue weighted by Crippen LogP contribution is 2.21. The highest BCUT2D eigenvalue weighted by Gasteiger charge is 2.14. The van der Waals surface area contributed by atoms with Crippen LogP contribution in [0.3, 0.4) is 0 Å². The van der Waals surface area contributed by atoms with E-state index in [1.807, 2.05) is 6.20 Å². The fraction of sp³-hybridized carbons (Fsp3) is 0.750. The molecule has 1 N–H and O–H groups in total. The third kappa shape index (κ3) is 5.45. The molecule has 1 saturated carbocycles. The van der Waals surface area contributed by atoms with E-state index in [1.54, 1.807) is 6.20 Å². The first-order valence-electron chi connectivity index (χ1n) is 7.92. The Kier molecular flexibility index (Phi) is 6.25. The average molecular weight is 277 g/mol. The highest BCUT2D eigenvalue weighted by atomic mass is 16.5. The van der Waals surface area contributed by atoms with Gasteiger partial charge >= 0.3 is 0 Å². The molecule has 4 heteroatoms. The Hall–Kier alpha value is -1.16. The molecule has 1 aliphatic rings. The van der Waals surface area contributed by atoms with Crippen molar-refractivity contribution < 1.29 is 4.74 Å². The molecule has 0 spiro atoms. The second-order valence-corrected chi connectivity index (χ2v) is 6.10. The highest BCUT2D eigenvalue weighted by molar-refractivity contribution is 5.07. The maximum absolute atomic E-state index is 5.94.